The van der Waals surface area contributed by atoms with Crippen LogP contribution in [0.25, 0.3) is 0 Å². The Morgan fingerprint density at radius 3 is 2.11 bits per heavy atom. The second-order valence-corrected chi connectivity index (χ2v) is 5.67. The van der Waals surface area contributed by atoms with Gasteiger partial charge in [-0.25, -0.2) is 4.68 Å². The highest BCUT2D eigenvalue weighted by Crippen LogP contribution is 2.18. The number of nitro groups is 2. The van der Waals surface area contributed by atoms with Crippen LogP contribution in [0, 0.1) is 20.2 Å². The van der Waals surface area contributed by atoms with Crippen molar-refractivity contribution in [2.75, 3.05) is 0 Å². The van der Waals surface area contributed by atoms with E-state index < -0.39 is 9.85 Å². The third kappa shape index (κ3) is 4.52. The molecule has 0 saturated heterocycles. The maximum Gasteiger partial charge on any atom is 0.269 e. The van der Waals surface area contributed by atoms with Crippen LogP contribution < -0.4 is 4.74 Å². The molecule has 0 bridgehead atoms. The van der Waals surface area contributed by atoms with Gasteiger partial charge in [-0.3, -0.25) is 25.0 Å². The molecule has 0 spiro atoms. The predicted molar refractivity (Wildman–Crippen MR) is 94.9 cm³/mol. The van der Waals surface area contributed by atoms with E-state index in [1.54, 1.807) is 0 Å². The Morgan fingerprint density at radius 1 is 0.964 bits per heavy atom. The summed E-state index contributed by atoms with van der Waals surface area (Å²) in [5, 5.41) is 29.0. The first-order valence-electron chi connectivity index (χ1n) is 7.96. The molecular formula is C17H13N5O6. The Balaban J connectivity index is 1.56. The molecule has 3 aromatic rings. The van der Waals surface area contributed by atoms with Gasteiger partial charge in [0, 0.05) is 29.8 Å². The van der Waals surface area contributed by atoms with Crippen LogP contribution in [0.2, 0.25) is 0 Å². The normalized spacial score (nSPS) is 10.4. The number of ketones is 1. The van der Waals surface area contributed by atoms with E-state index in [9.17, 15) is 25.0 Å². The van der Waals surface area contributed by atoms with Gasteiger partial charge >= 0.3 is 0 Å². The maximum absolute atomic E-state index is 12.2. The number of carbonyl (C=O) groups excluding carboxylic acids is 1. The highest BCUT2D eigenvalue weighted by molar-refractivity contribution is 5.96. The topological polar surface area (TPSA) is 143 Å². The quantitative estimate of drug-likeness (QED) is 0.328. The van der Waals surface area contributed by atoms with Crippen LogP contribution in [0.3, 0.4) is 0 Å². The molecule has 0 radical (unpaired) electrons. The molecular weight excluding hydrogens is 370 g/mol. The molecule has 0 aliphatic heterocycles. The molecule has 1 heterocycles. The van der Waals surface area contributed by atoms with Crippen molar-refractivity contribution < 1.29 is 19.4 Å². The van der Waals surface area contributed by atoms with Crippen molar-refractivity contribution in [3.63, 3.8) is 0 Å². The average Bonchev–Trinajstić information content (AvgIpc) is 3.14. The lowest BCUT2D eigenvalue weighted by molar-refractivity contribution is -0.385. The van der Waals surface area contributed by atoms with Crippen LogP contribution >= 0.6 is 0 Å². The van der Waals surface area contributed by atoms with E-state index in [4.69, 9.17) is 4.74 Å². The zero-order valence-electron chi connectivity index (χ0n) is 14.3. The number of carbonyl (C=O) groups is 1. The minimum Gasteiger partial charge on any atom is -0.487 e. The van der Waals surface area contributed by atoms with Crippen LogP contribution in [0.1, 0.15) is 16.1 Å². The lowest BCUT2D eigenvalue weighted by atomic mass is 10.1. The fourth-order valence-electron chi connectivity index (χ4n) is 2.31. The van der Waals surface area contributed by atoms with Crippen LogP contribution in [0.15, 0.2) is 54.7 Å². The van der Waals surface area contributed by atoms with Crippen molar-refractivity contribution in [3.8, 4) is 5.75 Å². The van der Waals surface area contributed by atoms with Gasteiger partial charge < -0.3 is 4.74 Å². The molecule has 142 valence electrons. The Morgan fingerprint density at radius 2 is 1.54 bits per heavy atom. The molecule has 11 nitrogen and oxygen atoms in total. The number of Topliss-reactive ketones (excluding diaryl/α,β-unsaturated/α-hetero) is 1. The fourth-order valence-corrected chi connectivity index (χ4v) is 2.31. The molecule has 3 rings (SSSR count). The van der Waals surface area contributed by atoms with E-state index >= 15 is 0 Å². The molecule has 11 heteroatoms. The number of nitro benzene ring substituents is 2. The number of benzene rings is 2. The van der Waals surface area contributed by atoms with Gasteiger partial charge in [0.15, 0.2) is 5.78 Å². The molecule has 2 aromatic carbocycles. The summed E-state index contributed by atoms with van der Waals surface area (Å²) in [6, 6.07) is 10.9. The van der Waals surface area contributed by atoms with Crippen LogP contribution in [-0.4, -0.2) is 30.6 Å². The number of non-ortho nitro benzene ring substituents is 2. The number of nitrogens with zero attached hydrogens (tertiary/aromatic N) is 5. The van der Waals surface area contributed by atoms with Gasteiger partial charge in [-0.15, -0.1) is 5.10 Å². The minimum atomic E-state index is -0.539. The van der Waals surface area contributed by atoms with Crippen LogP contribution in [0.5, 0.6) is 5.75 Å². The highest BCUT2D eigenvalue weighted by atomic mass is 16.6. The number of ether oxygens (including phenoxy) is 1. The Kier molecular flexibility index (Phi) is 5.35. The number of hydrogen-bond acceptors (Lipinski definition) is 8. The van der Waals surface area contributed by atoms with Crippen molar-refractivity contribution in [1.82, 2.24) is 15.0 Å². The molecule has 1 aromatic heterocycles. The van der Waals surface area contributed by atoms with Gasteiger partial charge in [0.05, 0.1) is 16.0 Å². The molecule has 0 N–H and O–H groups in total. The lowest BCUT2D eigenvalue weighted by Gasteiger charge is -2.03. The third-order valence-corrected chi connectivity index (χ3v) is 3.73. The zero-order valence-corrected chi connectivity index (χ0v) is 14.3. The van der Waals surface area contributed by atoms with Gasteiger partial charge in [0.1, 0.15) is 24.6 Å². The molecule has 0 aliphatic rings. The Labute approximate surface area is 157 Å². The Hall–Kier alpha value is -4.15. The van der Waals surface area contributed by atoms with Gasteiger partial charge in [0.2, 0.25) is 0 Å². The van der Waals surface area contributed by atoms with E-state index in [-0.39, 0.29) is 30.3 Å². The first-order chi connectivity index (χ1) is 13.4. The molecule has 28 heavy (non-hydrogen) atoms. The Bertz CT molecular complexity index is 1010. The van der Waals surface area contributed by atoms with Crippen molar-refractivity contribution in [2.45, 2.75) is 13.2 Å². The third-order valence-electron chi connectivity index (χ3n) is 3.73. The maximum atomic E-state index is 12.2. The second kappa shape index (κ2) is 8.03. The summed E-state index contributed by atoms with van der Waals surface area (Å²) in [5.41, 5.74) is 0.658. The first-order valence-corrected chi connectivity index (χ1v) is 7.96. The summed E-state index contributed by atoms with van der Waals surface area (Å²) in [4.78, 5) is 32.4. The van der Waals surface area contributed by atoms with Crippen LogP contribution in [0.4, 0.5) is 11.4 Å². The minimum absolute atomic E-state index is 0.0388. The SMILES string of the molecule is O=C(Cn1cc(COc2ccc([N+](=O)[O-])cc2)nn1)c1ccc([N+](=O)[O-])cc1. The van der Waals surface area contributed by atoms with E-state index in [0.29, 0.717) is 17.0 Å². The number of hydrogen-bond donors (Lipinski definition) is 0. The molecule has 0 aliphatic carbocycles. The lowest BCUT2D eigenvalue weighted by Crippen LogP contribution is -2.11. The average molecular weight is 383 g/mol. The largest absolute Gasteiger partial charge is 0.487 e. The summed E-state index contributed by atoms with van der Waals surface area (Å²) in [5.74, 6) is 0.157. The number of rotatable bonds is 8. The van der Waals surface area contributed by atoms with Crippen molar-refractivity contribution in [2.24, 2.45) is 0 Å². The predicted octanol–water partition coefficient (Wildman–Crippen LogP) is 2.56. The molecule has 0 amide bonds. The van der Waals surface area contributed by atoms with Crippen molar-refractivity contribution in [3.05, 3.63) is 86.2 Å². The van der Waals surface area contributed by atoms with E-state index in [1.165, 1.54) is 59.4 Å². The smallest absolute Gasteiger partial charge is 0.269 e. The first kappa shape index (κ1) is 18.6. The van der Waals surface area contributed by atoms with Crippen molar-refractivity contribution >= 4 is 17.2 Å². The summed E-state index contributed by atoms with van der Waals surface area (Å²) < 4.78 is 6.81. The monoisotopic (exact) mass is 383 g/mol. The van der Waals surface area contributed by atoms with E-state index in [1.807, 2.05) is 0 Å². The molecule has 0 saturated carbocycles. The van der Waals surface area contributed by atoms with Gasteiger partial charge in [-0.1, -0.05) is 5.21 Å². The summed E-state index contributed by atoms with van der Waals surface area (Å²) in [7, 11) is 0. The zero-order chi connectivity index (χ0) is 20.1. The van der Waals surface area contributed by atoms with Gasteiger partial charge in [0.25, 0.3) is 11.4 Å². The molecule has 0 atom stereocenters. The molecule has 0 fully saturated rings. The van der Waals surface area contributed by atoms with E-state index in [2.05, 4.69) is 10.3 Å². The molecule has 0 unspecified atom stereocenters. The summed E-state index contributed by atoms with van der Waals surface area (Å²) >= 11 is 0. The van der Waals surface area contributed by atoms with Crippen LogP contribution in [-0.2, 0) is 13.2 Å². The van der Waals surface area contributed by atoms with E-state index in [0.717, 1.165) is 0 Å². The number of aromatic nitrogens is 3. The standard InChI is InChI=1S/C17H13N5O6/c23-17(12-1-3-14(4-2-12)21(24)25)10-20-9-13(18-19-20)11-28-16-7-5-15(6-8-16)22(26)27/h1-9H,10-11H2. The fraction of sp³-hybridized carbons (Fsp3) is 0.118. The van der Waals surface area contributed by atoms with Gasteiger partial charge in [-0.2, -0.15) is 0 Å². The van der Waals surface area contributed by atoms with Crippen molar-refractivity contribution in [1.29, 1.82) is 0 Å². The second-order valence-electron chi connectivity index (χ2n) is 5.67. The van der Waals surface area contributed by atoms with Gasteiger partial charge in [-0.05, 0) is 24.3 Å². The summed E-state index contributed by atoms with van der Waals surface area (Å²) in [6.07, 6.45) is 1.54. The summed E-state index contributed by atoms with van der Waals surface area (Å²) in [6.45, 7) is -0.00806. The highest BCUT2D eigenvalue weighted by Gasteiger charge is 2.12.